The summed E-state index contributed by atoms with van der Waals surface area (Å²) in [6.45, 7) is 1.95. The molecule has 1 aliphatic rings. The first-order valence-electron chi connectivity index (χ1n) is 10.8. The van der Waals surface area contributed by atoms with Crippen molar-refractivity contribution in [2.24, 2.45) is 0 Å². The molecule has 0 unspecified atom stereocenters. The van der Waals surface area contributed by atoms with Gasteiger partial charge in [0.15, 0.2) is 0 Å². The van der Waals surface area contributed by atoms with Crippen LogP contribution in [0, 0.1) is 0 Å². The normalized spacial score (nSPS) is 14.5. The number of aromatic nitrogens is 3. The highest BCUT2D eigenvalue weighted by Crippen LogP contribution is 2.30. The second kappa shape index (κ2) is 8.22. The number of nitrogens with two attached hydrogens (primary N) is 1. The average molecular weight is 412 g/mol. The van der Waals surface area contributed by atoms with Crippen molar-refractivity contribution in [2.75, 3.05) is 23.7 Å². The van der Waals surface area contributed by atoms with Crippen molar-refractivity contribution in [3.8, 4) is 11.1 Å². The Balaban J connectivity index is 1.50. The van der Waals surface area contributed by atoms with Crippen molar-refractivity contribution in [1.29, 1.82) is 0 Å². The first-order valence-corrected chi connectivity index (χ1v) is 10.8. The number of pyridine rings is 2. The molecule has 0 radical (unpaired) electrons. The minimum absolute atomic E-state index is 0.205. The van der Waals surface area contributed by atoms with Gasteiger partial charge in [0, 0.05) is 47.5 Å². The van der Waals surface area contributed by atoms with Crippen LogP contribution in [0.4, 0.5) is 11.6 Å². The monoisotopic (exact) mass is 411 g/mol. The van der Waals surface area contributed by atoms with Crippen LogP contribution in [0.15, 0.2) is 60.9 Å². The summed E-state index contributed by atoms with van der Waals surface area (Å²) in [5.74, 6) is 0.867. The number of anilines is 2. The number of nitrogens with one attached hydrogen (secondary N) is 1. The molecule has 0 saturated carbocycles. The van der Waals surface area contributed by atoms with E-state index in [0.717, 1.165) is 53.8 Å². The van der Waals surface area contributed by atoms with E-state index >= 15 is 0 Å². The fourth-order valence-electron chi connectivity index (χ4n) is 4.28. The van der Waals surface area contributed by atoms with Gasteiger partial charge in [0.05, 0.1) is 5.56 Å². The van der Waals surface area contributed by atoms with Crippen molar-refractivity contribution < 1.29 is 4.79 Å². The van der Waals surface area contributed by atoms with Crippen molar-refractivity contribution in [3.63, 3.8) is 0 Å². The maximum Gasteiger partial charge on any atom is 0.215 e. The number of hydrogen-bond acceptors (Lipinski definition) is 5. The van der Waals surface area contributed by atoms with Crippen LogP contribution in [-0.2, 0) is 0 Å². The molecule has 3 aromatic heterocycles. The van der Waals surface area contributed by atoms with Gasteiger partial charge in [-0.1, -0.05) is 37.1 Å². The van der Waals surface area contributed by atoms with Crippen LogP contribution in [0.25, 0.3) is 22.0 Å². The number of fused-ring (bicyclic) bond motifs is 1. The number of carbonyl (C=O) groups is 1. The topological polar surface area (TPSA) is 87.9 Å². The number of para-hydroxylation sites is 1. The molecule has 6 nitrogen and oxygen atoms in total. The summed E-state index contributed by atoms with van der Waals surface area (Å²) in [5.41, 5.74) is 9.76. The molecule has 1 aliphatic heterocycles. The number of rotatable bonds is 4. The number of benzene rings is 1. The molecule has 156 valence electrons. The summed E-state index contributed by atoms with van der Waals surface area (Å²) in [4.78, 5) is 27.9. The third-order valence-corrected chi connectivity index (χ3v) is 5.96. The quantitative estimate of drug-likeness (QED) is 0.470. The Morgan fingerprint density at radius 3 is 2.65 bits per heavy atom. The maximum absolute atomic E-state index is 13.3. The lowest BCUT2D eigenvalue weighted by Gasteiger charge is -2.21. The Labute approximate surface area is 181 Å². The fraction of sp³-hybridized carbons (Fsp3) is 0.240. The Morgan fingerprint density at radius 2 is 1.81 bits per heavy atom. The molecule has 0 amide bonds. The molecular weight excluding hydrogens is 386 g/mol. The van der Waals surface area contributed by atoms with Crippen LogP contribution < -0.4 is 10.6 Å². The first-order chi connectivity index (χ1) is 15.2. The van der Waals surface area contributed by atoms with E-state index in [9.17, 15) is 4.79 Å². The van der Waals surface area contributed by atoms with Crippen molar-refractivity contribution in [3.05, 3.63) is 72.2 Å². The van der Waals surface area contributed by atoms with Gasteiger partial charge in [0.25, 0.3) is 0 Å². The number of carbonyl (C=O) groups excluding carboxylic acids is 1. The summed E-state index contributed by atoms with van der Waals surface area (Å²) < 4.78 is 0. The summed E-state index contributed by atoms with van der Waals surface area (Å²) in [5, 5.41) is 1.08. The zero-order chi connectivity index (χ0) is 21.2. The minimum atomic E-state index is -0.205. The molecule has 5 rings (SSSR count). The van der Waals surface area contributed by atoms with Gasteiger partial charge in [-0.15, -0.1) is 0 Å². The van der Waals surface area contributed by atoms with Crippen molar-refractivity contribution in [2.45, 2.75) is 25.7 Å². The van der Waals surface area contributed by atoms with Gasteiger partial charge < -0.3 is 15.6 Å². The van der Waals surface area contributed by atoms with Crippen LogP contribution in [-0.4, -0.2) is 33.8 Å². The molecule has 0 spiro atoms. The number of nitrogens with zero attached hydrogens (tertiary/aromatic N) is 3. The number of aromatic amines is 1. The van der Waals surface area contributed by atoms with Crippen molar-refractivity contribution in [1.82, 2.24) is 15.0 Å². The lowest BCUT2D eigenvalue weighted by molar-refractivity contribution is 0.103. The van der Waals surface area contributed by atoms with E-state index in [0.29, 0.717) is 11.3 Å². The summed E-state index contributed by atoms with van der Waals surface area (Å²) in [7, 11) is 0. The van der Waals surface area contributed by atoms with Crippen LogP contribution in [0.5, 0.6) is 0 Å². The number of H-pyrrole nitrogens is 1. The Hall–Kier alpha value is -3.67. The van der Waals surface area contributed by atoms with E-state index in [1.54, 1.807) is 12.3 Å². The van der Waals surface area contributed by atoms with Gasteiger partial charge >= 0.3 is 0 Å². The van der Waals surface area contributed by atoms with Gasteiger partial charge in [-0.25, -0.2) is 9.97 Å². The molecule has 1 fully saturated rings. The van der Waals surface area contributed by atoms with Gasteiger partial charge in [-0.05, 0) is 37.1 Å². The molecule has 1 aromatic carbocycles. The maximum atomic E-state index is 13.3. The highest BCUT2D eigenvalue weighted by Gasteiger charge is 2.19. The molecular formula is C25H25N5O. The summed E-state index contributed by atoms with van der Waals surface area (Å²) in [6.07, 6.45) is 8.45. The highest BCUT2D eigenvalue weighted by atomic mass is 16.1. The first kappa shape index (κ1) is 19.3. The molecule has 3 N–H and O–H groups in total. The smallest absolute Gasteiger partial charge is 0.215 e. The van der Waals surface area contributed by atoms with Gasteiger partial charge in [0.1, 0.15) is 17.3 Å². The van der Waals surface area contributed by atoms with E-state index < -0.39 is 0 Å². The third-order valence-electron chi connectivity index (χ3n) is 5.96. The highest BCUT2D eigenvalue weighted by molar-refractivity contribution is 6.11. The molecule has 4 aromatic rings. The van der Waals surface area contributed by atoms with E-state index in [2.05, 4.69) is 19.9 Å². The number of nitrogen functional groups attached to an aromatic ring is 1. The molecule has 0 atom stereocenters. The van der Waals surface area contributed by atoms with Crippen molar-refractivity contribution >= 4 is 28.3 Å². The number of ketones is 1. The van der Waals surface area contributed by atoms with Gasteiger partial charge in [0.2, 0.25) is 5.78 Å². The van der Waals surface area contributed by atoms with Crippen LogP contribution in [0.1, 0.15) is 41.7 Å². The van der Waals surface area contributed by atoms with Crippen LogP contribution >= 0.6 is 0 Å². The van der Waals surface area contributed by atoms with Crippen LogP contribution in [0.2, 0.25) is 0 Å². The van der Waals surface area contributed by atoms with E-state index in [4.69, 9.17) is 5.73 Å². The predicted octanol–water partition coefficient (Wildman–Crippen LogP) is 4.82. The number of hydrogen-bond donors (Lipinski definition) is 2. The molecule has 6 heteroatoms. The van der Waals surface area contributed by atoms with E-state index in [-0.39, 0.29) is 11.6 Å². The Kier molecular flexibility index (Phi) is 5.12. The minimum Gasteiger partial charge on any atom is -0.383 e. The summed E-state index contributed by atoms with van der Waals surface area (Å²) >= 11 is 0. The van der Waals surface area contributed by atoms with E-state index in [1.807, 2.05) is 48.7 Å². The lowest BCUT2D eigenvalue weighted by Crippen LogP contribution is -2.25. The second-order valence-corrected chi connectivity index (χ2v) is 8.02. The second-order valence-electron chi connectivity index (χ2n) is 8.02. The Morgan fingerprint density at radius 1 is 1.00 bits per heavy atom. The van der Waals surface area contributed by atoms with Crippen LogP contribution in [0.3, 0.4) is 0 Å². The molecule has 31 heavy (non-hydrogen) atoms. The van der Waals surface area contributed by atoms with Gasteiger partial charge in [-0.3, -0.25) is 4.79 Å². The SMILES string of the molecule is Nc1ncc(-c2c[nH]c3ccccc23)cc1C(=O)c1cccc(N2CCCCCC2)n1. The fourth-order valence-corrected chi connectivity index (χ4v) is 4.28. The molecule has 1 saturated heterocycles. The molecule has 4 heterocycles. The largest absolute Gasteiger partial charge is 0.383 e. The molecule has 0 aliphatic carbocycles. The Bertz CT molecular complexity index is 1240. The lowest BCUT2D eigenvalue weighted by atomic mass is 10.0. The summed E-state index contributed by atoms with van der Waals surface area (Å²) in [6, 6.07) is 15.5. The van der Waals surface area contributed by atoms with E-state index in [1.165, 1.54) is 12.8 Å². The zero-order valence-corrected chi connectivity index (χ0v) is 17.3. The molecule has 0 bridgehead atoms. The van der Waals surface area contributed by atoms with Gasteiger partial charge in [-0.2, -0.15) is 0 Å². The standard InChI is InChI=1S/C25H25N5O/c26-25-19(14-17(15-28-25)20-16-27-21-9-4-3-8-18(20)21)24(31)22-10-7-11-23(29-22)30-12-5-1-2-6-13-30/h3-4,7-11,14-16,27H,1-2,5-6,12-13H2,(H2,26,28). The zero-order valence-electron chi connectivity index (χ0n) is 17.3. The average Bonchev–Trinajstić information content (AvgIpc) is 3.05. The third kappa shape index (κ3) is 3.77. The predicted molar refractivity (Wildman–Crippen MR) is 124 cm³/mol.